The summed E-state index contributed by atoms with van der Waals surface area (Å²) < 4.78 is 0. The first-order valence-electron chi connectivity index (χ1n) is 5.58. The van der Waals surface area contributed by atoms with Crippen molar-refractivity contribution in [1.29, 1.82) is 0 Å². The van der Waals surface area contributed by atoms with Crippen molar-refractivity contribution in [1.82, 2.24) is 10.3 Å². The van der Waals surface area contributed by atoms with E-state index in [1.165, 1.54) is 24.1 Å². The van der Waals surface area contributed by atoms with E-state index in [2.05, 4.69) is 29.2 Å². The Morgan fingerprint density at radius 1 is 1.47 bits per heavy atom. The lowest BCUT2D eigenvalue weighted by Crippen LogP contribution is -2.17. The quantitative estimate of drug-likeness (QED) is 0.725. The minimum atomic E-state index is 0.917. The van der Waals surface area contributed by atoms with Gasteiger partial charge in [0.05, 0.1) is 0 Å². The second-order valence-electron chi connectivity index (χ2n) is 3.77. The molecule has 1 N–H and O–H groups in total. The van der Waals surface area contributed by atoms with Crippen LogP contribution in [0.2, 0.25) is 0 Å². The van der Waals surface area contributed by atoms with E-state index < -0.39 is 0 Å². The normalized spacial score (nSPS) is 10.6. The molecule has 3 nitrogen and oxygen atoms in total. The maximum Gasteiger partial charge on any atom is 0.185 e. The zero-order valence-electron chi connectivity index (χ0n) is 9.92. The topological polar surface area (TPSA) is 28.2 Å². The Bertz CT molecular complexity index is 273. The van der Waals surface area contributed by atoms with E-state index in [9.17, 15) is 0 Å². The van der Waals surface area contributed by atoms with Crippen molar-refractivity contribution >= 4 is 16.5 Å². The average Bonchev–Trinajstić information content (AvgIpc) is 2.67. The Labute approximate surface area is 96.5 Å². The summed E-state index contributed by atoms with van der Waals surface area (Å²) in [6.45, 7) is 4.26. The molecular weight excluding hydrogens is 206 g/mol. The fraction of sp³-hybridized carbons (Fsp3) is 0.727. The van der Waals surface area contributed by atoms with Crippen molar-refractivity contribution < 1.29 is 0 Å². The first-order chi connectivity index (χ1) is 7.27. The van der Waals surface area contributed by atoms with Crippen molar-refractivity contribution in [3.63, 3.8) is 0 Å². The molecular formula is C11H21N3S. The molecule has 0 saturated carbocycles. The first-order valence-corrected chi connectivity index (χ1v) is 6.40. The second kappa shape index (κ2) is 6.80. The third-order valence-electron chi connectivity index (χ3n) is 2.32. The fourth-order valence-electron chi connectivity index (χ4n) is 1.42. The van der Waals surface area contributed by atoms with E-state index in [1.807, 2.05) is 13.2 Å². The summed E-state index contributed by atoms with van der Waals surface area (Å²) in [5.41, 5.74) is 0. The monoisotopic (exact) mass is 227 g/mol. The number of thiazole rings is 1. The molecule has 4 heteroatoms. The van der Waals surface area contributed by atoms with E-state index in [4.69, 9.17) is 0 Å². The number of nitrogens with one attached hydrogen (secondary N) is 1. The molecule has 1 aromatic rings. The number of unbranched alkanes of at least 4 members (excludes halogenated alkanes) is 2. The first kappa shape index (κ1) is 12.5. The summed E-state index contributed by atoms with van der Waals surface area (Å²) in [6.07, 6.45) is 5.80. The summed E-state index contributed by atoms with van der Waals surface area (Å²) in [5, 5.41) is 4.28. The minimum Gasteiger partial charge on any atom is -0.351 e. The molecule has 0 aromatic carbocycles. The summed E-state index contributed by atoms with van der Waals surface area (Å²) >= 11 is 1.78. The molecule has 0 aliphatic carbocycles. The second-order valence-corrected chi connectivity index (χ2v) is 4.86. The molecule has 0 fully saturated rings. The Hall–Kier alpha value is -0.610. The van der Waals surface area contributed by atoms with Gasteiger partial charge in [-0.15, -0.1) is 11.3 Å². The number of nitrogens with zero attached hydrogens (tertiary/aromatic N) is 2. The molecule has 1 rings (SSSR count). The Kier molecular flexibility index (Phi) is 5.65. The van der Waals surface area contributed by atoms with Gasteiger partial charge in [-0.2, -0.15) is 0 Å². The van der Waals surface area contributed by atoms with Crippen LogP contribution in [0.15, 0.2) is 6.20 Å². The molecule has 0 unspecified atom stereocenters. The van der Waals surface area contributed by atoms with Crippen LogP contribution in [-0.4, -0.2) is 25.6 Å². The van der Waals surface area contributed by atoms with Gasteiger partial charge >= 0.3 is 0 Å². The summed E-state index contributed by atoms with van der Waals surface area (Å²) in [4.78, 5) is 7.97. The van der Waals surface area contributed by atoms with Crippen molar-refractivity contribution in [3.8, 4) is 0 Å². The highest BCUT2D eigenvalue weighted by Gasteiger charge is 2.05. The number of hydrogen-bond donors (Lipinski definition) is 1. The van der Waals surface area contributed by atoms with Crippen molar-refractivity contribution in [2.75, 3.05) is 25.5 Å². The lowest BCUT2D eigenvalue weighted by Gasteiger charge is -2.14. The van der Waals surface area contributed by atoms with Crippen LogP contribution in [0.5, 0.6) is 0 Å². The molecule has 0 radical (unpaired) electrons. The average molecular weight is 227 g/mol. The lowest BCUT2D eigenvalue weighted by molar-refractivity contribution is 0.704. The van der Waals surface area contributed by atoms with Crippen LogP contribution in [0.1, 0.15) is 31.1 Å². The number of rotatable bonds is 7. The van der Waals surface area contributed by atoms with Gasteiger partial charge in [-0.1, -0.05) is 19.8 Å². The van der Waals surface area contributed by atoms with Crippen LogP contribution in [0, 0.1) is 0 Å². The zero-order valence-corrected chi connectivity index (χ0v) is 10.7. The van der Waals surface area contributed by atoms with Gasteiger partial charge in [0, 0.05) is 31.2 Å². The standard InChI is InChI=1S/C11H21N3S/c1-4-5-6-7-14(3)11-13-9-10(15-11)8-12-2/h9,12H,4-8H2,1-3H3. The van der Waals surface area contributed by atoms with E-state index in [-0.39, 0.29) is 0 Å². The van der Waals surface area contributed by atoms with Crippen molar-refractivity contribution in [2.24, 2.45) is 0 Å². The maximum absolute atomic E-state index is 4.42. The van der Waals surface area contributed by atoms with Crippen molar-refractivity contribution in [2.45, 2.75) is 32.7 Å². The molecule has 86 valence electrons. The molecule has 1 aromatic heterocycles. The van der Waals surface area contributed by atoms with Gasteiger partial charge in [0.2, 0.25) is 0 Å². The van der Waals surface area contributed by atoms with Crippen LogP contribution in [-0.2, 0) is 6.54 Å². The molecule has 1 heterocycles. The molecule has 0 aliphatic heterocycles. The fourth-order valence-corrected chi connectivity index (χ4v) is 2.33. The highest BCUT2D eigenvalue weighted by Crippen LogP contribution is 2.21. The molecule has 0 aliphatic rings. The summed E-state index contributed by atoms with van der Waals surface area (Å²) in [7, 11) is 4.09. The lowest BCUT2D eigenvalue weighted by atomic mass is 10.2. The van der Waals surface area contributed by atoms with E-state index in [1.54, 1.807) is 11.3 Å². The maximum atomic E-state index is 4.42. The van der Waals surface area contributed by atoms with Gasteiger partial charge < -0.3 is 10.2 Å². The zero-order chi connectivity index (χ0) is 11.1. The van der Waals surface area contributed by atoms with Crippen LogP contribution in [0.3, 0.4) is 0 Å². The summed E-state index contributed by atoms with van der Waals surface area (Å²) in [6, 6.07) is 0. The largest absolute Gasteiger partial charge is 0.351 e. The van der Waals surface area contributed by atoms with E-state index in [0.717, 1.165) is 18.2 Å². The van der Waals surface area contributed by atoms with Gasteiger partial charge in [0.25, 0.3) is 0 Å². The Morgan fingerprint density at radius 2 is 2.27 bits per heavy atom. The van der Waals surface area contributed by atoms with Crippen LogP contribution < -0.4 is 10.2 Å². The highest BCUT2D eigenvalue weighted by molar-refractivity contribution is 7.15. The van der Waals surface area contributed by atoms with Gasteiger partial charge in [-0.3, -0.25) is 0 Å². The SMILES string of the molecule is CCCCCN(C)c1ncc(CNC)s1. The smallest absolute Gasteiger partial charge is 0.185 e. The Morgan fingerprint density at radius 3 is 2.93 bits per heavy atom. The van der Waals surface area contributed by atoms with Crippen LogP contribution in [0.4, 0.5) is 5.13 Å². The molecule has 0 bridgehead atoms. The third kappa shape index (κ3) is 4.18. The number of hydrogen-bond acceptors (Lipinski definition) is 4. The van der Waals surface area contributed by atoms with Crippen LogP contribution in [0.25, 0.3) is 0 Å². The van der Waals surface area contributed by atoms with Crippen molar-refractivity contribution in [3.05, 3.63) is 11.1 Å². The number of anilines is 1. The molecule has 0 saturated heterocycles. The predicted octanol–water partition coefficient (Wildman–Crippen LogP) is 2.49. The van der Waals surface area contributed by atoms with Gasteiger partial charge in [0.15, 0.2) is 5.13 Å². The third-order valence-corrected chi connectivity index (χ3v) is 3.43. The predicted molar refractivity (Wildman–Crippen MR) is 67.7 cm³/mol. The van der Waals surface area contributed by atoms with E-state index >= 15 is 0 Å². The van der Waals surface area contributed by atoms with Crippen LogP contribution >= 0.6 is 11.3 Å². The Balaban J connectivity index is 2.39. The molecule has 0 atom stereocenters. The summed E-state index contributed by atoms with van der Waals surface area (Å²) in [5.74, 6) is 0. The van der Waals surface area contributed by atoms with Gasteiger partial charge in [-0.05, 0) is 13.5 Å². The molecule has 15 heavy (non-hydrogen) atoms. The van der Waals surface area contributed by atoms with E-state index in [0.29, 0.717) is 0 Å². The molecule has 0 amide bonds. The highest BCUT2D eigenvalue weighted by atomic mass is 32.1. The van der Waals surface area contributed by atoms with Gasteiger partial charge in [-0.25, -0.2) is 4.98 Å². The number of aromatic nitrogens is 1. The van der Waals surface area contributed by atoms with Gasteiger partial charge in [0.1, 0.15) is 0 Å². The molecule has 0 spiro atoms. The minimum absolute atomic E-state index is 0.917.